The monoisotopic (exact) mass is 376 g/mol. The molecule has 1 fully saturated rings. The summed E-state index contributed by atoms with van der Waals surface area (Å²) >= 11 is 0. The molecule has 1 N–H and O–H groups in total. The minimum atomic E-state index is -4.41. The van der Waals surface area contributed by atoms with Gasteiger partial charge in [-0.15, -0.1) is 15.3 Å². The Morgan fingerprint density at radius 2 is 1.89 bits per heavy atom. The normalized spacial score (nSPS) is 17.7. The van der Waals surface area contributed by atoms with E-state index in [0.29, 0.717) is 17.3 Å². The fraction of sp³-hybridized carbons (Fsp3) is 0.294. The lowest BCUT2D eigenvalue weighted by Gasteiger charge is -2.18. The van der Waals surface area contributed by atoms with Gasteiger partial charge in [-0.1, -0.05) is 30.3 Å². The first-order valence-electron chi connectivity index (χ1n) is 8.31. The number of nitrogens with one attached hydrogen (secondary N) is 1. The molecule has 3 aromatic rings. The predicted molar refractivity (Wildman–Crippen MR) is 90.9 cm³/mol. The van der Waals surface area contributed by atoms with Crippen molar-refractivity contribution in [2.75, 3.05) is 18.4 Å². The molecule has 4 rings (SSSR count). The van der Waals surface area contributed by atoms with Crippen LogP contribution >= 0.6 is 0 Å². The number of fused-ring (bicyclic) bond motifs is 1. The van der Waals surface area contributed by atoms with Gasteiger partial charge in [-0.3, -0.25) is 4.79 Å². The Kier molecular flexibility index (Phi) is 4.17. The van der Waals surface area contributed by atoms with Gasteiger partial charge < -0.3 is 10.2 Å². The second-order valence-electron chi connectivity index (χ2n) is 6.24. The minimum absolute atomic E-state index is 0.0557. The van der Waals surface area contributed by atoms with Gasteiger partial charge in [-0.05, 0) is 18.6 Å². The number of halogens is 3. The number of alkyl halides is 3. The Morgan fingerprint density at radius 3 is 2.63 bits per heavy atom. The van der Waals surface area contributed by atoms with Gasteiger partial charge in [0.2, 0.25) is 5.91 Å². The van der Waals surface area contributed by atoms with E-state index in [0.717, 1.165) is 10.5 Å². The molecule has 1 atom stereocenters. The molecule has 2 aromatic heterocycles. The Balaban J connectivity index is 1.56. The number of hydrogen-bond acceptors (Lipinski definition) is 5. The summed E-state index contributed by atoms with van der Waals surface area (Å²) in [5.74, 6) is 0.318. The van der Waals surface area contributed by atoms with Crippen LogP contribution in [0, 0.1) is 0 Å². The van der Waals surface area contributed by atoms with Crippen molar-refractivity contribution in [2.24, 2.45) is 0 Å². The maximum absolute atomic E-state index is 12.5. The van der Waals surface area contributed by atoms with Gasteiger partial charge in [0.05, 0.1) is 0 Å². The Bertz CT molecular complexity index is 972. The van der Waals surface area contributed by atoms with E-state index < -0.39 is 24.7 Å². The number of nitrogens with zero attached hydrogens (tertiary/aromatic N) is 5. The molecule has 7 nitrogen and oxygen atoms in total. The van der Waals surface area contributed by atoms with E-state index in [4.69, 9.17) is 0 Å². The number of rotatable bonds is 4. The van der Waals surface area contributed by atoms with Crippen LogP contribution in [0.2, 0.25) is 0 Å². The van der Waals surface area contributed by atoms with Crippen molar-refractivity contribution in [2.45, 2.75) is 18.6 Å². The Hall–Kier alpha value is -3.17. The molecule has 0 radical (unpaired) electrons. The second kappa shape index (κ2) is 6.53. The molecular formula is C17H15F3N6O. The highest BCUT2D eigenvalue weighted by molar-refractivity contribution is 5.86. The summed E-state index contributed by atoms with van der Waals surface area (Å²) in [6.07, 6.45) is -4.13. The van der Waals surface area contributed by atoms with Crippen LogP contribution in [0.25, 0.3) is 17.0 Å². The van der Waals surface area contributed by atoms with Crippen molar-refractivity contribution in [1.82, 2.24) is 24.7 Å². The molecular weight excluding hydrogens is 361 g/mol. The van der Waals surface area contributed by atoms with Crippen LogP contribution in [-0.2, 0) is 4.79 Å². The van der Waals surface area contributed by atoms with E-state index in [1.807, 2.05) is 30.3 Å². The second-order valence-corrected chi connectivity index (χ2v) is 6.24. The Labute approximate surface area is 151 Å². The van der Waals surface area contributed by atoms with Crippen LogP contribution < -0.4 is 5.32 Å². The lowest BCUT2D eigenvalue weighted by Crippen LogP contribution is -2.39. The first-order chi connectivity index (χ1) is 12.9. The summed E-state index contributed by atoms with van der Waals surface area (Å²) in [5.41, 5.74) is 1.35. The quantitative estimate of drug-likeness (QED) is 0.757. The summed E-state index contributed by atoms with van der Waals surface area (Å²) in [6.45, 7) is -1.18. The fourth-order valence-electron chi connectivity index (χ4n) is 3.06. The number of hydrogen-bond donors (Lipinski definition) is 1. The van der Waals surface area contributed by atoms with Gasteiger partial charge in [-0.2, -0.15) is 17.7 Å². The van der Waals surface area contributed by atoms with Crippen LogP contribution in [0.15, 0.2) is 42.5 Å². The third-order valence-corrected chi connectivity index (χ3v) is 4.28. The van der Waals surface area contributed by atoms with E-state index in [-0.39, 0.29) is 13.0 Å². The third kappa shape index (κ3) is 3.55. The minimum Gasteiger partial charge on any atom is -0.357 e. The Morgan fingerprint density at radius 1 is 1.11 bits per heavy atom. The van der Waals surface area contributed by atoms with Crippen LogP contribution in [0.1, 0.15) is 6.42 Å². The molecule has 0 aliphatic carbocycles. The highest BCUT2D eigenvalue weighted by Gasteiger charge is 2.39. The summed E-state index contributed by atoms with van der Waals surface area (Å²) < 4.78 is 39.1. The molecule has 0 saturated carbocycles. The molecule has 140 valence electrons. The van der Waals surface area contributed by atoms with Gasteiger partial charge >= 0.3 is 6.18 Å². The molecule has 1 amide bonds. The maximum Gasteiger partial charge on any atom is 0.406 e. The first kappa shape index (κ1) is 17.3. The number of amides is 1. The van der Waals surface area contributed by atoms with E-state index in [2.05, 4.69) is 20.6 Å². The molecule has 1 aromatic carbocycles. The number of carbonyl (C=O) groups is 1. The van der Waals surface area contributed by atoms with Crippen LogP contribution in [0.4, 0.5) is 19.0 Å². The highest BCUT2D eigenvalue weighted by Crippen LogP contribution is 2.23. The molecule has 0 bridgehead atoms. The summed E-state index contributed by atoms with van der Waals surface area (Å²) in [5, 5.41) is 15.5. The standard InChI is InChI=1S/C17H15F3N6O/c18-17(19,20)10-25-9-8-12(16(25)27)21-13-6-7-14-22-23-15(26(14)24-13)11-4-2-1-3-5-11/h1-7,12H,8-10H2,(H,21,24). The average molecular weight is 376 g/mol. The summed E-state index contributed by atoms with van der Waals surface area (Å²) in [7, 11) is 0. The van der Waals surface area contributed by atoms with Gasteiger partial charge in [0.25, 0.3) is 0 Å². The molecule has 27 heavy (non-hydrogen) atoms. The topological polar surface area (TPSA) is 75.4 Å². The van der Waals surface area contributed by atoms with E-state index in [9.17, 15) is 18.0 Å². The molecule has 0 spiro atoms. The zero-order chi connectivity index (χ0) is 19.0. The smallest absolute Gasteiger partial charge is 0.357 e. The predicted octanol–water partition coefficient (Wildman–Crippen LogP) is 2.37. The van der Waals surface area contributed by atoms with Crippen molar-refractivity contribution in [3.05, 3.63) is 42.5 Å². The molecule has 3 heterocycles. The number of benzene rings is 1. The lowest BCUT2D eigenvalue weighted by molar-refractivity contribution is -0.157. The number of anilines is 1. The number of aromatic nitrogens is 4. The number of carbonyl (C=O) groups excluding carboxylic acids is 1. The SMILES string of the molecule is O=C1C(Nc2ccc3nnc(-c4ccccc4)n3n2)CCN1CC(F)(F)F. The zero-order valence-corrected chi connectivity index (χ0v) is 14.0. The van der Waals surface area contributed by atoms with Gasteiger partial charge in [0.15, 0.2) is 11.5 Å². The van der Waals surface area contributed by atoms with Crippen molar-refractivity contribution < 1.29 is 18.0 Å². The van der Waals surface area contributed by atoms with Crippen molar-refractivity contribution >= 4 is 17.4 Å². The maximum atomic E-state index is 12.5. The third-order valence-electron chi connectivity index (χ3n) is 4.28. The summed E-state index contributed by atoms with van der Waals surface area (Å²) in [6, 6.07) is 11.9. The molecule has 10 heteroatoms. The molecule has 1 saturated heterocycles. The molecule has 1 aliphatic rings. The fourth-order valence-corrected chi connectivity index (χ4v) is 3.06. The largest absolute Gasteiger partial charge is 0.406 e. The van der Waals surface area contributed by atoms with Gasteiger partial charge in [0, 0.05) is 12.1 Å². The van der Waals surface area contributed by atoms with E-state index in [1.165, 1.54) is 4.52 Å². The van der Waals surface area contributed by atoms with Crippen molar-refractivity contribution in [3.63, 3.8) is 0 Å². The first-order valence-corrected chi connectivity index (χ1v) is 8.31. The van der Waals surface area contributed by atoms with Crippen molar-refractivity contribution in [1.29, 1.82) is 0 Å². The average Bonchev–Trinajstić information content (AvgIpc) is 3.20. The van der Waals surface area contributed by atoms with Crippen molar-refractivity contribution in [3.8, 4) is 11.4 Å². The van der Waals surface area contributed by atoms with Crippen LogP contribution in [0.5, 0.6) is 0 Å². The molecule has 1 unspecified atom stereocenters. The molecule has 1 aliphatic heterocycles. The van der Waals surface area contributed by atoms with Gasteiger partial charge in [0.1, 0.15) is 18.4 Å². The summed E-state index contributed by atoms with van der Waals surface area (Å²) in [4.78, 5) is 13.0. The van der Waals surface area contributed by atoms with E-state index >= 15 is 0 Å². The highest BCUT2D eigenvalue weighted by atomic mass is 19.4. The zero-order valence-electron chi connectivity index (χ0n) is 14.0. The van der Waals surface area contributed by atoms with Crippen LogP contribution in [0.3, 0.4) is 0 Å². The number of likely N-dealkylation sites (tertiary alicyclic amines) is 1. The lowest BCUT2D eigenvalue weighted by atomic mass is 10.2. The van der Waals surface area contributed by atoms with E-state index in [1.54, 1.807) is 12.1 Å². The van der Waals surface area contributed by atoms with Crippen LogP contribution in [-0.4, -0.2) is 55.9 Å². The van der Waals surface area contributed by atoms with Gasteiger partial charge in [-0.25, -0.2) is 0 Å².